The molecule has 0 saturated heterocycles. The van der Waals surface area contributed by atoms with Crippen LogP contribution < -0.4 is 0 Å². The molecule has 3 nitrogen and oxygen atoms in total. The van der Waals surface area contributed by atoms with Crippen LogP contribution in [0.2, 0.25) is 0 Å². The van der Waals surface area contributed by atoms with Crippen LogP contribution in [0, 0.1) is 12.3 Å². The molecule has 2 rings (SSSR count). The molecule has 0 bridgehead atoms. The van der Waals surface area contributed by atoms with Crippen LogP contribution in [0.3, 0.4) is 0 Å². The Hall–Kier alpha value is -1.39. The van der Waals surface area contributed by atoms with E-state index in [4.69, 9.17) is 0 Å². The maximum absolute atomic E-state index is 13.6. The lowest BCUT2D eigenvalue weighted by Gasteiger charge is -2.39. The van der Waals surface area contributed by atoms with Gasteiger partial charge in [-0.05, 0) is 69.6 Å². The van der Waals surface area contributed by atoms with E-state index < -0.39 is 15.1 Å². The fourth-order valence-corrected chi connectivity index (χ4v) is 6.30. The van der Waals surface area contributed by atoms with Gasteiger partial charge in [-0.15, -0.1) is 0 Å². The number of aliphatic hydroxyl groups excluding tert-OH is 1. The summed E-state index contributed by atoms with van der Waals surface area (Å²) >= 11 is 0. The standard InChI is InChI=1S/C22H32O3S/c1-16-8-10-19(11-9-16)26(24,25)20(15-17(2)12-14-23)21-18(3)7-6-13-22(21,4)5/h8-12,20,23H,6-7,13-15H2,1-5H3/b17-12+. The molecule has 0 fully saturated rings. The average Bonchev–Trinajstić information content (AvgIpc) is 2.53. The molecule has 0 saturated carbocycles. The molecule has 0 radical (unpaired) electrons. The van der Waals surface area contributed by atoms with E-state index >= 15 is 0 Å². The van der Waals surface area contributed by atoms with Crippen molar-refractivity contribution < 1.29 is 13.5 Å². The van der Waals surface area contributed by atoms with Gasteiger partial charge in [0.2, 0.25) is 0 Å². The summed E-state index contributed by atoms with van der Waals surface area (Å²) in [5.41, 5.74) is 4.10. The molecule has 26 heavy (non-hydrogen) atoms. The van der Waals surface area contributed by atoms with Crippen LogP contribution in [0.15, 0.2) is 52.0 Å². The van der Waals surface area contributed by atoms with Crippen LogP contribution in [-0.2, 0) is 9.84 Å². The third kappa shape index (κ3) is 4.47. The number of sulfone groups is 1. The van der Waals surface area contributed by atoms with Gasteiger partial charge in [-0.25, -0.2) is 8.42 Å². The largest absolute Gasteiger partial charge is 0.392 e. The molecule has 1 aromatic rings. The van der Waals surface area contributed by atoms with E-state index in [-0.39, 0.29) is 12.0 Å². The molecular weight excluding hydrogens is 344 g/mol. The van der Waals surface area contributed by atoms with Crippen molar-refractivity contribution in [1.29, 1.82) is 0 Å². The van der Waals surface area contributed by atoms with Crippen molar-refractivity contribution in [2.75, 3.05) is 6.61 Å². The summed E-state index contributed by atoms with van der Waals surface area (Å²) in [5.74, 6) is 0. The van der Waals surface area contributed by atoms with Crippen molar-refractivity contribution in [3.8, 4) is 0 Å². The lowest BCUT2D eigenvalue weighted by molar-refractivity contribution is 0.340. The van der Waals surface area contributed by atoms with Crippen molar-refractivity contribution in [2.45, 2.75) is 70.4 Å². The maximum atomic E-state index is 13.6. The Kier molecular flexibility index (Phi) is 6.51. The Morgan fingerprint density at radius 2 is 1.85 bits per heavy atom. The molecule has 1 aliphatic carbocycles. The van der Waals surface area contributed by atoms with Gasteiger partial charge in [0.1, 0.15) is 0 Å². The van der Waals surface area contributed by atoms with Crippen molar-refractivity contribution in [3.05, 3.63) is 52.6 Å². The van der Waals surface area contributed by atoms with Crippen molar-refractivity contribution >= 4 is 9.84 Å². The number of aliphatic hydroxyl groups is 1. The Balaban J connectivity index is 2.61. The molecule has 0 heterocycles. The van der Waals surface area contributed by atoms with Crippen LogP contribution >= 0.6 is 0 Å². The number of hydrogen-bond donors (Lipinski definition) is 1. The zero-order valence-electron chi connectivity index (χ0n) is 16.7. The number of rotatable bonds is 6. The van der Waals surface area contributed by atoms with E-state index in [0.29, 0.717) is 11.3 Å². The highest BCUT2D eigenvalue weighted by Gasteiger charge is 2.40. The molecule has 1 aliphatic rings. The molecule has 0 aliphatic heterocycles. The number of benzene rings is 1. The summed E-state index contributed by atoms with van der Waals surface area (Å²) in [7, 11) is -3.52. The van der Waals surface area contributed by atoms with Gasteiger partial charge in [0.15, 0.2) is 9.84 Å². The zero-order chi connectivity index (χ0) is 19.5. The van der Waals surface area contributed by atoms with Crippen molar-refractivity contribution in [2.24, 2.45) is 5.41 Å². The van der Waals surface area contributed by atoms with Gasteiger partial charge < -0.3 is 5.11 Å². The second kappa shape index (κ2) is 8.10. The molecule has 1 aromatic carbocycles. The van der Waals surface area contributed by atoms with Crippen LogP contribution in [0.1, 0.15) is 58.9 Å². The lowest BCUT2D eigenvalue weighted by Crippen LogP contribution is -2.34. The molecule has 0 amide bonds. The molecular formula is C22H32O3S. The summed E-state index contributed by atoms with van der Waals surface area (Å²) in [5, 5.41) is 8.65. The minimum atomic E-state index is -3.52. The SMILES string of the molecule is CC1=C(C(C/C(C)=C/CO)S(=O)(=O)c2ccc(C)cc2)C(C)(C)CCC1. The first kappa shape index (κ1) is 20.9. The van der Waals surface area contributed by atoms with E-state index in [0.717, 1.165) is 36.0 Å². The van der Waals surface area contributed by atoms with E-state index in [1.807, 2.05) is 26.0 Å². The van der Waals surface area contributed by atoms with Gasteiger partial charge >= 0.3 is 0 Å². The van der Waals surface area contributed by atoms with Gasteiger partial charge in [-0.2, -0.15) is 0 Å². The second-order valence-corrected chi connectivity index (χ2v) is 10.3. The Morgan fingerprint density at radius 3 is 2.38 bits per heavy atom. The summed E-state index contributed by atoms with van der Waals surface area (Å²) in [6, 6.07) is 7.14. The molecule has 144 valence electrons. The maximum Gasteiger partial charge on any atom is 0.185 e. The van der Waals surface area contributed by atoms with Gasteiger partial charge in [0.05, 0.1) is 16.8 Å². The summed E-state index contributed by atoms with van der Waals surface area (Å²) in [6.07, 6.45) is 5.20. The third-order valence-corrected chi connectivity index (χ3v) is 7.62. The molecule has 0 aromatic heterocycles. The first-order chi connectivity index (χ1) is 12.1. The van der Waals surface area contributed by atoms with E-state index in [2.05, 4.69) is 20.8 Å². The smallest absolute Gasteiger partial charge is 0.185 e. The number of aryl methyl sites for hydroxylation is 1. The Labute approximate surface area is 158 Å². The molecule has 0 spiro atoms. The highest BCUT2D eigenvalue weighted by Crippen LogP contribution is 2.46. The average molecular weight is 377 g/mol. The van der Waals surface area contributed by atoms with E-state index in [1.165, 1.54) is 5.57 Å². The predicted molar refractivity (Wildman–Crippen MR) is 108 cm³/mol. The fourth-order valence-electron chi connectivity index (χ4n) is 4.14. The van der Waals surface area contributed by atoms with E-state index in [9.17, 15) is 13.5 Å². The van der Waals surface area contributed by atoms with E-state index in [1.54, 1.807) is 18.2 Å². The summed E-state index contributed by atoms with van der Waals surface area (Å²) < 4.78 is 27.2. The predicted octanol–water partition coefficient (Wildman–Crippen LogP) is 4.99. The topological polar surface area (TPSA) is 54.4 Å². The normalized spacial score (nSPS) is 19.5. The van der Waals surface area contributed by atoms with Crippen LogP contribution in [0.5, 0.6) is 0 Å². The van der Waals surface area contributed by atoms with Gasteiger partial charge in [-0.3, -0.25) is 0 Å². The number of allylic oxidation sites excluding steroid dienone is 2. The van der Waals surface area contributed by atoms with Crippen LogP contribution in [0.25, 0.3) is 0 Å². The van der Waals surface area contributed by atoms with Crippen molar-refractivity contribution in [1.82, 2.24) is 0 Å². The molecule has 1 N–H and O–H groups in total. The fraction of sp³-hybridized carbons (Fsp3) is 0.545. The minimum Gasteiger partial charge on any atom is -0.392 e. The second-order valence-electron chi connectivity index (χ2n) is 8.22. The zero-order valence-corrected chi connectivity index (χ0v) is 17.5. The van der Waals surface area contributed by atoms with Gasteiger partial charge in [-0.1, -0.05) is 48.8 Å². The Morgan fingerprint density at radius 1 is 1.23 bits per heavy atom. The third-order valence-electron chi connectivity index (χ3n) is 5.54. The van der Waals surface area contributed by atoms with Crippen molar-refractivity contribution in [3.63, 3.8) is 0 Å². The highest BCUT2D eigenvalue weighted by molar-refractivity contribution is 7.92. The van der Waals surface area contributed by atoms with Gasteiger partial charge in [0.25, 0.3) is 0 Å². The quantitative estimate of drug-likeness (QED) is 0.711. The molecule has 1 unspecified atom stereocenters. The minimum absolute atomic E-state index is 0.0649. The van der Waals surface area contributed by atoms with Crippen LogP contribution in [-0.4, -0.2) is 25.4 Å². The first-order valence-electron chi connectivity index (χ1n) is 9.37. The Bertz CT molecular complexity index is 796. The monoisotopic (exact) mass is 376 g/mol. The van der Waals surface area contributed by atoms with Gasteiger partial charge in [0, 0.05) is 0 Å². The molecule has 4 heteroatoms. The summed E-state index contributed by atoms with van der Waals surface area (Å²) in [6.45, 7) is 10.2. The molecule has 1 atom stereocenters. The number of hydrogen-bond acceptors (Lipinski definition) is 3. The highest BCUT2D eigenvalue weighted by atomic mass is 32.2. The summed E-state index contributed by atoms with van der Waals surface area (Å²) in [4.78, 5) is 0.381. The lowest BCUT2D eigenvalue weighted by atomic mass is 9.71. The van der Waals surface area contributed by atoms with Crippen LogP contribution in [0.4, 0.5) is 0 Å². The first-order valence-corrected chi connectivity index (χ1v) is 10.9.